The molecule has 9 heteroatoms. The van der Waals surface area contributed by atoms with Crippen LogP contribution in [0.15, 0.2) is 24.3 Å². The Balaban J connectivity index is 0.00000441. The number of halogens is 1. The zero-order valence-corrected chi connectivity index (χ0v) is 12.8. The van der Waals surface area contributed by atoms with Crippen molar-refractivity contribution in [1.29, 1.82) is 0 Å². The number of nitro groups is 1. The van der Waals surface area contributed by atoms with Gasteiger partial charge in [0.15, 0.2) is 0 Å². The smallest absolute Gasteiger partial charge is 0.269 e. The van der Waals surface area contributed by atoms with Crippen LogP contribution in [0.2, 0.25) is 0 Å². The van der Waals surface area contributed by atoms with Gasteiger partial charge in [-0.1, -0.05) is 0 Å². The number of ether oxygens (including phenoxy) is 1. The second kappa shape index (κ2) is 11.2. The summed E-state index contributed by atoms with van der Waals surface area (Å²) in [5.41, 5.74) is -0.0278. The number of benzene rings is 1. The van der Waals surface area contributed by atoms with Crippen LogP contribution >= 0.6 is 12.4 Å². The molecule has 126 valence electrons. The molecule has 1 aromatic rings. The molecule has 1 atom stereocenters. The highest BCUT2D eigenvalue weighted by atomic mass is 35.5. The Hall–Kier alpha value is -1.45. The van der Waals surface area contributed by atoms with E-state index in [9.17, 15) is 15.2 Å². The number of aliphatic hydroxyl groups excluding tert-OH is 3. The van der Waals surface area contributed by atoms with E-state index in [0.29, 0.717) is 18.8 Å². The van der Waals surface area contributed by atoms with Crippen LogP contribution in [-0.2, 0) is 0 Å². The molecular formula is C13H21ClN2O6. The summed E-state index contributed by atoms with van der Waals surface area (Å²) < 4.78 is 5.34. The molecule has 0 radical (unpaired) electrons. The number of nitrogens with zero attached hydrogens (tertiary/aromatic N) is 2. The van der Waals surface area contributed by atoms with Crippen molar-refractivity contribution in [2.24, 2.45) is 0 Å². The third-order valence-electron chi connectivity index (χ3n) is 2.79. The second-order valence-electron chi connectivity index (χ2n) is 4.46. The van der Waals surface area contributed by atoms with Crippen molar-refractivity contribution in [3.05, 3.63) is 34.4 Å². The number of aliphatic hydroxyl groups is 3. The summed E-state index contributed by atoms with van der Waals surface area (Å²) in [6, 6.07) is 5.57. The van der Waals surface area contributed by atoms with E-state index in [1.54, 1.807) is 4.90 Å². The van der Waals surface area contributed by atoms with E-state index in [2.05, 4.69) is 0 Å². The quantitative estimate of drug-likeness (QED) is 0.408. The van der Waals surface area contributed by atoms with E-state index < -0.39 is 11.0 Å². The van der Waals surface area contributed by atoms with Crippen molar-refractivity contribution >= 4 is 18.1 Å². The van der Waals surface area contributed by atoms with Gasteiger partial charge in [0, 0.05) is 31.8 Å². The largest absolute Gasteiger partial charge is 0.491 e. The van der Waals surface area contributed by atoms with Crippen LogP contribution in [0.4, 0.5) is 5.69 Å². The highest BCUT2D eigenvalue weighted by Crippen LogP contribution is 2.17. The van der Waals surface area contributed by atoms with Crippen LogP contribution in [0, 0.1) is 10.1 Å². The summed E-state index contributed by atoms with van der Waals surface area (Å²) in [5.74, 6) is 0.426. The van der Waals surface area contributed by atoms with Gasteiger partial charge in [0.05, 0.1) is 18.1 Å². The summed E-state index contributed by atoms with van der Waals surface area (Å²) >= 11 is 0. The minimum atomic E-state index is -0.793. The van der Waals surface area contributed by atoms with E-state index in [1.165, 1.54) is 24.3 Å². The molecule has 0 aromatic heterocycles. The Morgan fingerprint density at radius 3 is 2.18 bits per heavy atom. The Morgan fingerprint density at radius 2 is 1.73 bits per heavy atom. The number of hydrogen-bond acceptors (Lipinski definition) is 7. The summed E-state index contributed by atoms with van der Waals surface area (Å²) in [5, 5.41) is 38.1. The monoisotopic (exact) mass is 336 g/mol. The molecule has 0 fully saturated rings. The highest BCUT2D eigenvalue weighted by Gasteiger charge is 2.12. The standard InChI is InChI=1S/C13H20N2O6.ClH/c16-7-5-14(6-8-17)9-12(18)10-21-13-3-1-11(2-4-13)15(19)20;/h1-4,12,16-18H,5-10H2;1H. The molecule has 8 nitrogen and oxygen atoms in total. The zero-order chi connectivity index (χ0) is 15.7. The minimum absolute atomic E-state index is 0. The molecular weight excluding hydrogens is 316 g/mol. The molecule has 22 heavy (non-hydrogen) atoms. The maximum Gasteiger partial charge on any atom is 0.269 e. The average molecular weight is 337 g/mol. The Kier molecular flexibility index (Phi) is 10.4. The van der Waals surface area contributed by atoms with Gasteiger partial charge in [-0.05, 0) is 12.1 Å². The summed E-state index contributed by atoms with van der Waals surface area (Å²) in [7, 11) is 0. The molecule has 1 rings (SSSR count). The van der Waals surface area contributed by atoms with Gasteiger partial charge in [-0.2, -0.15) is 0 Å². The van der Waals surface area contributed by atoms with Crippen LogP contribution in [0.1, 0.15) is 0 Å². The first-order chi connectivity index (χ1) is 10.1. The van der Waals surface area contributed by atoms with E-state index in [4.69, 9.17) is 14.9 Å². The molecule has 0 saturated carbocycles. The predicted molar refractivity (Wildman–Crippen MR) is 82.5 cm³/mol. The lowest BCUT2D eigenvalue weighted by molar-refractivity contribution is -0.384. The van der Waals surface area contributed by atoms with Crippen molar-refractivity contribution in [2.45, 2.75) is 6.10 Å². The summed E-state index contributed by atoms with van der Waals surface area (Å²) in [4.78, 5) is 11.7. The number of non-ortho nitro benzene ring substituents is 1. The van der Waals surface area contributed by atoms with E-state index in [0.717, 1.165) is 0 Å². The van der Waals surface area contributed by atoms with Crippen molar-refractivity contribution in [2.75, 3.05) is 39.5 Å². The van der Waals surface area contributed by atoms with Crippen molar-refractivity contribution in [3.63, 3.8) is 0 Å². The van der Waals surface area contributed by atoms with Gasteiger partial charge < -0.3 is 20.1 Å². The number of rotatable bonds is 10. The van der Waals surface area contributed by atoms with Crippen LogP contribution < -0.4 is 4.74 Å². The third kappa shape index (κ3) is 7.53. The number of nitro benzene ring substituents is 1. The molecule has 0 amide bonds. The first-order valence-electron chi connectivity index (χ1n) is 6.56. The van der Waals surface area contributed by atoms with Crippen LogP contribution in [0.25, 0.3) is 0 Å². The SMILES string of the molecule is Cl.O=[N+]([O-])c1ccc(OCC(O)CN(CCO)CCO)cc1. The van der Waals surface area contributed by atoms with Gasteiger partial charge in [0.25, 0.3) is 5.69 Å². The van der Waals surface area contributed by atoms with E-state index in [1.807, 2.05) is 0 Å². The molecule has 3 N–H and O–H groups in total. The first kappa shape index (κ1) is 20.6. The number of hydrogen-bond donors (Lipinski definition) is 3. The minimum Gasteiger partial charge on any atom is -0.491 e. The van der Waals surface area contributed by atoms with Gasteiger partial charge in [0.2, 0.25) is 0 Å². The molecule has 0 aliphatic heterocycles. The van der Waals surface area contributed by atoms with Crippen molar-refractivity contribution in [1.82, 2.24) is 4.90 Å². The van der Waals surface area contributed by atoms with Gasteiger partial charge in [-0.15, -0.1) is 12.4 Å². The second-order valence-corrected chi connectivity index (χ2v) is 4.46. The maximum absolute atomic E-state index is 10.5. The molecule has 0 aliphatic carbocycles. The molecule has 1 unspecified atom stereocenters. The normalized spacial score (nSPS) is 11.8. The predicted octanol–water partition coefficient (Wildman–Crippen LogP) is 0.0429. The fourth-order valence-electron chi connectivity index (χ4n) is 1.78. The Labute approximate surface area is 134 Å². The van der Waals surface area contributed by atoms with Crippen molar-refractivity contribution < 1.29 is 25.0 Å². The molecule has 0 spiro atoms. The first-order valence-corrected chi connectivity index (χ1v) is 6.56. The molecule has 0 aliphatic rings. The molecule has 0 heterocycles. The maximum atomic E-state index is 10.5. The molecule has 1 aromatic carbocycles. The Morgan fingerprint density at radius 1 is 1.18 bits per heavy atom. The third-order valence-corrected chi connectivity index (χ3v) is 2.79. The molecule has 0 bridgehead atoms. The average Bonchev–Trinajstić information content (AvgIpc) is 2.46. The highest BCUT2D eigenvalue weighted by molar-refractivity contribution is 5.85. The fraction of sp³-hybridized carbons (Fsp3) is 0.538. The lowest BCUT2D eigenvalue weighted by Gasteiger charge is -2.23. The van der Waals surface area contributed by atoms with Crippen LogP contribution in [0.5, 0.6) is 5.75 Å². The molecule has 0 saturated heterocycles. The van der Waals surface area contributed by atoms with E-state index in [-0.39, 0.29) is 44.5 Å². The van der Waals surface area contributed by atoms with Gasteiger partial charge in [-0.25, -0.2) is 0 Å². The van der Waals surface area contributed by atoms with E-state index >= 15 is 0 Å². The van der Waals surface area contributed by atoms with Gasteiger partial charge in [0.1, 0.15) is 18.5 Å². The summed E-state index contributed by atoms with van der Waals surface area (Å²) in [6.07, 6.45) is -0.793. The van der Waals surface area contributed by atoms with Crippen LogP contribution in [-0.4, -0.2) is 70.7 Å². The van der Waals surface area contributed by atoms with Gasteiger partial charge >= 0.3 is 0 Å². The zero-order valence-electron chi connectivity index (χ0n) is 12.0. The Bertz CT molecular complexity index is 425. The van der Waals surface area contributed by atoms with Gasteiger partial charge in [-0.3, -0.25) is 15.0 Å². The summed E-state index contributed by atoms with van der Waals surface area (Å²) in [6.45, 7) is 0.870. The van der Waals surface area contributed by atoms with Crippen molar-refractivity contribution in [3.8, 4) is 5.75 Å². The lowest BCUT2D eigenvalue weighted by atomic mass is 10.3. The topological polar surface area (TPSA) is 116 Å². The lowest BCUT2D eigenvalue weighted by Crippen LogP contribution is -2.38. The van der Waals surface area contributed by atoms with Crippen LogP contribution in [0.3, 0.4) is 0 Å². The fourth-order valence-corrected chi connectivity index (χ4v) is 1.78.